The molecule has 0 bridgehead atoms. The predicted octanol–water partition coefficient (Wildman–Crippen LogP) is 3.63. The molecule has 0 aliphatic heterocycles. The van der Waals surface area contributed by atoms with Crippen LogP contribution in [0.3, 0.4) is 0 Å². The number of tetrazole rings is 1. The zero-order chi connectivity index (χ0) is 21.5. The molecule has 1 aromatic carbocycles. The molecule has 9 heteroatoms. The Morgan fingerprint density at radius 1 is 1.21 bits per heavy atom. The second-order valence-electron chi connectivity index (χ2n) is 8.13. The number of rotatable bonds is 9. The Bertz CT molecular complexity index is 959. The van der Waals surface area contributed by atoms with Crippen molar-refractivity contribution in [3.63, 3.8) is 0 Å². The van der Waals surface area contributed by atoms with Crippen LogP contribution in [0.5, 0.6) is 0 Å². The molecule has 0 aliphatic rings. The molecule has 7 nitrogen and oxygen atoms in total. The maximum absolute atomic E-state index is 13.0. The van der Waals surface area contributed by atoms with E-state index in [9.17, 15) is 8.42 Å². The minimum absolute atomic E-state index is 0.149. The van der Waals surface area contributed by atoms with Crippen molar-refractivity contribution in [2.75, 3.05) is 5.75 Å². The SMILES string of the molecule is CCCCC#CC(C)(CCS(=O)(=O)c1nnnn1-c1ccccc1)O[Si](C)(C)C. The highest BCUT2D eigenvalue weighted by molar-refractivity contribution is 7.91. The molecule has 1 unspecified atom stereocenters. The van der Waals surface area contributed by atoms with Gasteiger partial charge < -0.3 is 4.43 Å². The van der Waals surface area contributed by atoms with Crippen LogP contribution in [0, 0.1) is 11.8 Å². The van der Waals surface area contributed by atoms with Crippen LogP contribution in [-0.4, -0.2) is 48.3 Å². The summed E-state index contributed by atoms with van der Waals surface area (Å²) in [5.41, 5.74) is -0.229. The van der Waals surface area contributed by atoms with Gasteiger partial charge in [0.15, 0.2) is 8.32 Å². The third-order valence-corrected chi connectivity index (χ3v) is 6.72. The van der Waals surface area contributed by atoms with Crippen molar-refractivity contribution in [3.05, 3.63) is 30.3 Å². The number of nitrogens with zero attached hydrogens (tertiary/aromatic N) is 4. The van der Waals surface area contributed by atoms with Gasteiger partial charge in [-0.1, -0.05) is 42.6 Å². The van der Waals surface area contributed by atoms with E-state index >= 15 is 0 Å². The maximum atomic E-state index is 13.0. The minimum atomic E-state index is -3.73. The molecule has 2 aromatic rings. The lowest BCUT2D eigenvalue weighted by Crippen LogP contribution is -2.41. The monoisotopic (exact) mass is 434 g/mol. The number of sulfone groups is 1. The lowest BCUT2D eigenvalue weighted by molar-refractivity contribution is 0.139. The molecule has 0 N–H and O–H groups in total. The Hall–Kier alpha value is -2.02. The lowest BCUT2D eigenvalue weighted by Gasteiger charge is -2.32. The molecule has 158 valence electrons. The van der Waals surface area contributed by atoms with E-state index < -0.39 is 23.8 Å². The smallest absolute Gasteiger partial charge is 0.272 e. The van der Waals surface area contributed by atoms with Gasteiger partial charge in [-0.2, -0.15) is 4.68 Å². The number of aromatic nitrogens is 4. The summed E-state index contributed by atoms with van der Waals surface area (Å²) in [6, 6.07) is 8.97. The molecule has 0 fully saturated rings. The average molecular weight is 435 g/mol. The molecule has 29 heavy (non-hydrogen) atoms. The van der Waals surface area contributed by atoms with E-state index in [-0.39, 0.29) is 17.3 Å². The van der Waals surface area contributed by atoms with Gasteiger partial charge in [0, 0.05) is 12.8 Å². The molecule has 0 saturated heterocycles. The van der Waals surface area contributed by atoms with Crippen LogP contribution in [0.25, 0.3) is 5.69 Å². The van der Waals surface area contributed by atoms with Crippen LogP contribution in [0.4, 0.5) is 0 Å². The van der Waals surface area contributed by atoms with Gasteiger partial charge in [0.1, 0.15) is 5.60 Å². The fraction of sp³-hybridized carbons (Fsp3) is 0.550. The van der Waals surface area contributed by atoms with Crippen molar-refractivity contribution in [3.8, 4) is 17.5 Å². The Balaban J connectivity index is 2.24. The van der Waals surface area contributed by atoms with Crippen LogP contribution in [0.15, 0.2) is 35.5 Å². The topological polar surface area (TPSA) is 87.0 Å². The van der Waals surface area contributed by atoms with Crippen LogP contribution in [0.2, 0.25) is 19.6 Å². The van der Waals surface area contributed by atoms with Gasteiger partial charge in [0.05, 0.1) is 11.4 Å². The van der Waals surface area contributed by atoms with E-state index in [1.165, 1.54) is 4.68 Å². The first-order valence-corrected chi connectivity index (χ1v) is 14.9. The third kappa shape index (κ3) is 7.06. The summed E-state index contributed by atoms with van der Waals surface area (Å²) in [7, 11) is -5.66. The van der Waals surface area contributed by atoms with E-state index in [1.54, 1.807) is 24.3 Å². The summed E-state index contributed by atoms with van der Waals surface area (Å²) >= 11 is 0. The molecule has 0 aliphatic carbocycles. The molecule has 1 atom stereocenters. The molecular weight excluding hydrogens is 404 g/mol. The summed E-state index contributed by atoms with van der Waals surface area (Å²) in [5, 5.41) is 11.0. The zero-order valence-electron chi connectivity index (χ0n) is 17.8. The first kappa shape index (κ1) is 23.3. The Labute approximate surface area is 174 Å². The molecule has 0 spiro atoms. The quantitative estimate of drug-likeness (QED) is 0.340. The van der Waals surface area contributed by atoms with Gasteiger partial charge in [0.25, 0.3) is 5.16 Å². The molecule has 0 saturated carbocycles. The molecule has 0 radical (unpaired) electrons. The lowest BCUT2D eigenvalue weighted by atomic mass is 10.0. The molecular formula is C20H30N4O3SSi. The average Bonchev–Trinajstić information content (AvgIpc) is 3.14. The molecule has 1 heterocycles. The van der Waals surface area contributed by atoms with Crippen molar-refractivity contribution in [1.82, 2.24) is 20.2 Å². The van der Waals surface area contributed by atoms with E-state index in [4.69, 9.17) is 4.43 Å². The highest BCUT2D eigenvalue weighted by atomic mass is 32.2. The van der Waals surface area contributed by atoms with Gasteiger partial charge in [-0.3, -0.25) is 0 Å². The largest absolute Gasteiger partial charge is 0.402 e. The summed E-state index contributed by atoms with van der Waals surface area (Å²) < 4.78 is 33.6. The number of hydrogen-bond donors (Lipinski definition) is 0. The predicted molar refractivity (Wildman–Crippen MR) is 116 cm³/mol. The second-order valence-corrected chi connectivity index (χ2v) is 14.6. The molecule has 0 amide bonds. The molecule has 1 aromatic heterocycles. The third-order valence-electron chi connectivity index (χ3n) is 4.11. The first-order valence-electron chi connectivity index (χ1n) is 9.83. The van der Waals surface area contributed by atoms with Gasteiger partial charge >= 0.3 is 0 Å². The fourth-order valence-corrected chi connectivity index (χ4v) is 5.77. The van der Waals surface area contributed by atoms with Crippen molar-refractivity contribution >= 4 is 18.2 Å². The standard InChI is InChI=1S/C20H30N4O3SSi/c1-6-7-8-12-15-20(2,27-29(3,4)5)16-17-28(25,26)19-21-22-23-24(19)18-13-10-9-11-14-18/h9-11,13-14H,6-8,16-17H2,1-5H3. The van der Waals surface area contributed by atoms with E-state index in [0.717, 1.165) is 19.3 Å². The van der Waals surface area contributed by atoms with Crippen LogP contribution >= 0.6 is 0 Å². The van der Waals surface area contributed by atoms with Gasteiger partial charge in [-0.15, -0.1) is 5.92 Å². The van der Waals surface area contributed by atoms with Gasteiger partial charge in [-0.25, -0.2) is 8.42 Å². The van der Waals surface area contributed by atoms with E-state index in [0.29, 0.717) is 5.69 Å². The highest BCUT2D eigenvalue weighted by Gasteiger charge is 2.33. The van der Waals surface area contributed by atoms with Crippen LogP contribution in [0.1, 0.15) is 39.5 Å². The van der Waals surface area contributed by atoms with E-state index in [2.05, 4.69) is 53.9 Å². The van der Waals surface area contributed by atoms with Crippen molar-refractivity contribution in [2.24, 2.45) is 0 Å². The number of hydrogen-bond acceptors (Lipinski definition) is 6. The fourth-order valence-electron chi connectivity index (χ4n) is 2.85. The summed E-state index contributed by atoms with van der Waals surface area (Å²) in [4.78, 5) is 0. The Morgan fingerprint density at radius 2 is 1.90 bits per heavy atom. The zero-order valence-corrected chi connectivity index (χ0v) is 19.7. The summed E-state index contributed by atoms with van der Waals surface area (Å²) in [6.45, 7) is 10.2. The summed E-state index contributed by atoms with van der Waals surface area (Å²) in [5.74, 6) is 6.21. The first-order chi connectivity index (χ1) is 13.6. The highest BCUT2D eigenvalue weighted by Crippen LogP contribution is 2.24. The van der Waals surface area contributed by atoms with Crippen LogP contribution in [-0.2, 0) is 14.3 Å². The normalized spacial score (nSPS) is 14.1. The van der Waals surface area contributed by atoms with Crippen LogP contribution < -0.4 is 0 Å². The van der Waals surface area contributed by atoms with Crippen molar-refractivity contribution in [2.45, 2.75) is 69.9 Å². The minimum Gasteiger partial charge on any atom is -0.402 e. The Morgan fingerprint density at radius 3 is 2.52 bits per heavy atom. The summed E-state index contributed by atoms with van der Waals surface area (Å²) in [6.07, 6.45) is 3.11. The second kappa shape index (κ2) is 9.65. The van der Waals surface area contributed by atoms with Crippen molar-refractivity contribution in [1.29, 1.82) is 0 Å². The van der Waals surface area contributed by atoms with Crippen molar-refractivity contribution < 1.29 is 12.8 Å². The van der Waals surface area contributed by atoms with Gasteiger partial charge in [0.2, 0.25) is 9.84 Å². The number of benzene rings is 1. The van der Waals surface area contributed by atoms with Gasteiger partial charge in [-0.05, 0) is 55.5 Å². The molecule has 2 rings (SSSR count). The number of para-hydroxylation sites is 1. The Kier molecular flexibility index (Phi) is 7.74. The van der Waals surface area contributed by atoms with E-state index in [1.807, 2.05) is 13.0 Å². The number of unbranched alkanes of at least 4 members (excludes halogenated alkanes) is 2. The maximum Gasteiger partial charge on any atom is 0.272 e.